The lowest BCUT2D eigenvalue weighted by Crippen LogP contribution is -2.53. The van der Waals surface area contributed by atoms with Crippen LogP contribution in [0.5, 0.6) is 11.5 Å². The molecule has 32 heavy (non-hydrogen) atoms. The van der Waals surface area contributed by atoms with Gasteiger partial charge in [0.25, 0.3) is 0 Å². The normalized spacial score (nSPS) is 26.2. The fraction of sp³-hybridized carbons (Fsp3) is 0.480. The predicted molar refractivity (Wildman–Crippen MR) is 134 cm³/mol. The van der Waals surface area contributed by atoms with Crippen LogP contribution in [0.1, 0.15) is 43.7 Å². The number of hydrogen-bond acceptors (Lipinski definition) is 4. The van der Waals surface area contributed by atoms with Gasteiger partial charge in [-0.25, -0.2) is 0 Å². The summed E-state index contributed by atoms with van der Waals surface area (Å²) in [4.78, 5) is 2.68. The summed E-state index contributed by atoms with van der Waals surface area (Å²) in [5, 5.41) is 7.60. The largest absolute Gasteiger partial charge is 0.454 e. The molecule has 2 aromatic carbocycles. The molecule has 3 aliphatic rings. The zero-order chi connectivity index (χ0) is 21.3. The van der Waals surface area contributed by atoms with E-state index in [-0.39, 0.29) is 17.8 Å². The highest BCUT2D eigenvalue weighted by atomic mass is 35.5. The SMILES string of the molecule is CCNC(=S)N[C@@H]1CC[C@@]2(c3ccc4c(c3)OCO4)CCN(Cc3ccccc3)[C@H]2C1.Cl. The number of fused-ring (bicyclic) bond motifs is 2. The first-order valence-electron chi connectivity index (χ1n) is 11.4. The second-order valence-corrected chi connectivity index (χ2v) is 9.33. The van der Waals surface area contributed by atoms with E-state index in [2.05, 4.69) is 71.0 Å². The van der Waals surface area contributed by atoms with E-state index in [1.54, 1.807) is 0 Å². The maximum absolute atomic E-state index is 5.72. The van der Waals surface area contributed by atoms with Crippen molar-refractivity contribution in [2.75, 3.05) is 19.9 Å². The van der Waals surface area contributed by atoms with Crippen LogP contribution < -0.4 is 20.1 Å². The number of ether oxygens (including phenoxy) is 2. The van der Waals surface area contributed by atoms with Crippen LogP contribution in [0.25, 0.3) is 0 Å². The van der Waals surface area contributed by atoms with Gasteiger partial charge in [0.15, 0.2) is 16.6 Å². The fourth-order valence-electron chi connectivity index (χ4n) is 5.72. The van der Waals surface area contributed by atoms with E-state index in [0.29, 0.717) is 18.9 Å². The number of benzene rings is 2. The minimum absolute atomic E-state index is 0. The van der Waals surface area contributed by atoms with Gasteiger partial charge < -0.3 is 20.1 Å². The van der Waals surface area contributed by atoms with E-state index in [1.165, 1.54) is 17.5 Å². The molecule has 2 fully saturated rings. The molecule has 1 aliphatic carbocycles. The molecular formula is C25H32ClN3O2S. The minimum atomic E-state index is 0. The van der Waals surface area contributed by atoms with Crippen molar-refractivity contribution >= 4 is 29.7 Å². The van der Waals surface area contributed by atoms with E-state index in [1.807, 2.05) is 0 Å². The molecule has 2 heterocycles. The molecule has 3 atom stereocenters. The summed E-state index contributed by atoms with van der Waals surface area (Å²) < 4.78 is 11.3. The van der Waals surface area contributed by atoms with Crippen molar-refractivity contribution in [3.8, 4) is 11.5 Å². The lowest BCUT2D eigenvalue weighted by Gasteiger charge is -2.45. The smallest absolute Gasteiger partial charge is 0.231 e. The van der Waals surface area contributed by atoms with Crippen LogP contribution in [-0.2, 0) is 12.0 Å². The molecule has 5 nitrogen and oxygen atoms in total. The molecule has 0 aromatic heterocycles. The molecule has 0 unspecified atom stereocenters. The lowest BCUT2D eigenvalue weighted by atomic mass is 9.65. The average molecular weight is 474 g/mol. The summed E-state index contributed by atoms with van der Waals surface area (Å²) >= 11 is 5.50. The third-order valence-electron chi connectivity index (χ3n) is 7.22. The molecule has 2 aromatic rings. The number of rotatable bonds is 5. The van der Waals surface area contributed by atoms with Crippen LogP contribution in [-0.4, -0.2) is 42.0 Å². The van der Waals surface area contributed by atoms with Crippen LogP contribution in [0.4, 0.5) is 0 Å². The van der Waals surface area contributed by atoms with Gasteiger partial charge in [0.1, 0.15) is 0 Å². The van der Waals surface area contributed by atoms with E-state index in [0.717, 1.165) is 55.5 Å². The van der Waals surface area contributed by atoms with Gasteiger partial charge in [-0.05, 0) is 74.6 Å². The quantitative estimate of drug-likeness (QED) is 0.628. The number of nitrogens with one attached hydrogen (secondary N) is 2. The first-order chi connectivity index (χ1) is 15.2. The Kier molecular flexibility index (Phi) is 7.13. The van der Waals surface area contributed by atoms with Gasteiger partial charge in [-0.3, -0.25) is 4.90 Å². The highest BCUT2D eigenvalue weighted by Crippen LogP contribution is 2.51. The highest BCUT2D eigenvalue weighted by Gasteiger charge is 2.51. The number of likely N-dealkylation sites (tertiary alicyclic amines) is 1. The van der Waals surface area contributed by atoms with Crippen molar-refractivity contribution in [3.63, 3.8) is 0 Å². The Morgan fingerprint density at radius 3 is 2.75 bits per heavy atom. The lowest BCUT2D eigenvalue weighted by molar-refractivity contribution is 0.134. The monoisotopic (exact) mass is 473 g/mol. The Balaban J connectivity index is 0.00000245. The topological polar surface area (TPSA) is 45.8 Å². The Morgan fingerprint density at radius 1 is 1.12 bits per heavy atom. The molecule has 2 aliphatic heterocycles. The summed E-state index contributed by atoms with van der Waals surface area (Å²) in [7, 11) is 0. The van der Waals surface area contributed by atoms with Crippen LogP contribution in [0.15, 0.2) is 48.5 Å². The molecule has 5 rings (SSSR count). The molecule has 1 saturated heterocycles. The molecule has 2 N–H and O–H groups in total. The van der Waals surface area contributed by atoms with Gasteiger partial charge in [-0.1, -0.05) is 36.4 Å². The van der Waals surface area contributed by atoms with Crippen molar-refractivity contribution in [2.45, 2.75) is 56.7 Å². The molecule has 0 amide bonds. The Labute approximate surface area is 202 Å². The van der Waals surface area contributed by atoms with E-state index in [4.69, 9.17) is 21.7 Å². The van der Waals surface area contributed by atoms with E-state index in [9.17, 15) is 0 Å². The van der Waals surface area contributed by atoms with Gasteiger partial charge in [-0.15, -0.1) is 12.4 Å². The zero-order valence-corrected chi connectivity index (χ0v) is 20.1. The van der Waals surface area contributed by atoms with Crippen molar-refractivity contribution in [1.82, 2.24) is 15.5 Å². The molecule has 1 saturated carbocycles. The minimum Gasteiger partial charge on any atom is -0.454 e. The average Bonchev–Trinajstić information content (AvgIpc) is 3.40. The summed E-state index contributed by atoms with van der Waals surface area (Å²) in [5.41, 5.74) is 2.92. The van der Waals surface area contributed by atoms with Crippen LogP contribution >= 0.6 is 24.6 Å². The van der Waals surface area contributed by atoms with Crippen molar-refractivity contribution < 1.29 is 9.47 Å². The van der Waals surface area contributed by atoms with Crippen LogP contribution in [0, 0.1) is 0 Å². The Morgan fingerprint density at radius 2 is 1.94 bits per heavy atom. The van der Waals surface area contributed by atoms with Crippen molar-refractivity contribution in [2.24, 2.45) is 0 Å². The highest BCUT2D eigenvalue weighted by molar-refractivity contribution is 7.80. The second-order valence-electron chi connectivity index (χ2n) is 8.92. The number of halogens is 1. The number of thiocarbonyl (C=S) groups is 1. The molecule has 7 heteroatoms. The van der Waals surface area contributed by atoms with Gasteiger partial charge in [0, 0.05) is 30.6 Å². The van der Waals surface area contributed by atoms with Crippen molar-refractivity contribution in [1.29, 1.82) is 0 Å². The molecule has 172 valence electrons. The zero-order valence-electron chi connectivity index (χ0n) is 18.5. The fourth-order valence-corrected chi connectivity index (χ4v) is 6.03. The Bertz CT molecular complexity index is 944. The van der Waals surface area contributed by atoms with Crippen molar-refractivity contribution in [3.05, 3.63) is 59.7 Å². The van der Waals surface area contributed by atoms with Gasteiger partial charge >= 0.3 is 0 Å². The van der Waals surface area contributed by atoms with Gasteiger partial charge in [0.2, 0.25) is 6.79 Å². The standard InChI is InChI=1S/C25H31N3O2S.ClH/c1-2-26-24(31)27-20-10-11-25(19-8-9-21-22(14-19)30-17-29-21)12-13-28(23(25)15-20)16-18-6-4-3-5-7-18;/h3-9,14,20,23H,2,10-13,15-17H2,1H3,(H2,26,27,31);1H/t20-,23+,25+;/m1./s1. The summed E-state index contributed by atoms with van der Waals surface area (Å²) in [6, 6.07) is 18.3. The molecule has 0 radical (unpaired) electrons. The molecule has 0 bridgehead atoms. The maximum Gasteiger partial charge on any atom is 0.231 e. The van der Waals surface area contributed by atoms with Gasteiger partial charge in [0.05, 0.1) is 0 Å². The third kappa shape index (κ3) is 4.41. The van der Waals surface area contributed by atoms with E-state index >= 15 is 0 Å². The van der Waals surface area contributed by atoms with Crippen LogP contribution in [0.2, 0.25) is 0 Å². The first kappa shape index (κ1) is 23.1. The molecular weight excluding hydrogens is 442 g/mol. The van der Waals surface area contributed by atoms with Gasteiger partial charge in [-0.2, -0.15) is 0 Å². The second kappa shape index (κ2) is 9.86. The Hall–Kier alpha value is -2.02. The van der Waals surface area contributed by atoms with Crippen LogP contribution in [0.3, 0.4) is 0 Å². The maximum atomic E-state index is 5.72. The summed E-state index contributed by atoms with van der Waals surface area (Å²) in [5.74, 6) is 1.75. The summed E-state index contributed by atoms with van der Waals surface area (Å²) in [6.45, 7) is 5.35. The summed E-state index contributed by atoms with van der Waals surface area (Å²) in [6.07, 6.45) is 4.53. The number of nitrogens with zero attached hydrogens (tertiary/aromatic N) is 1. The number of hydrogen-bond donors (Lipinski definition) is 2. The first-order valence-corrected chi connectivity index (χ1v) is 11.8. The predicted octanol–water partition coefficient (Wildman–Crippen LogP) is 4.39. The molecule has 0 spiro atoms. The van der Waals surface area contributed by atoms with E-state index < -0.39 is 0 Å². The third-order valence-corrected chi connectivity index (χ3v) is 7.48.